The molecule has 0 spiro atoms. The van der Waals surface area contributed by atoms with E-state index < -0.39 is 0 Å². The Morgan fingerprint density at radius 1 is 1.21 bits per heavy atom. The van der Waals surface area contributed by atoms with Gasteiger partial charge in [-0.15, -0.1) is 0 Å². The minimum Gasteiger partial charge on any atom is -0.489 e. The Balaban J connectivity index is 1.72. The highest BCUT2D eigenvalue weighted by molar-refractivity contribution is 6.30. The molecule has 6 heteroatoms. The highest BCUT2D eigenvalue weighted by Gasteiger charge is 2.25. The maximum absolute atomic E-state index is 12.8. The van der Waals surface area contributed by atoms with Crippen molar-refractivity contribution in [2.75, 3.05) is 13.1 Å². The van der Waals surface area contributed by atoms with E-state index in [-0.39, 0.29) is 12.5 Å². The van der Waals surface area contributed by atoms with Crippen molar-refractivity contribution in [3.63, 3.8) is 0 Å². The number of hydrogen-bond acceptors (Lipinski definition) is 4. The lowest BCUT2D eigenvalue weighted by Crippen LogP contribution is -2.32. The van der Waals surface area contributed by atoms with E-state index in [1.165, 1.54) is 12.8 Å². The first-order chi connectivity index (χ1) is 11.6. The van der Waals surface area contributed by atoms with Crippen molar-refractivity contribution in [1.82, 2.24) is 10.1 Å². The van der Waals surface area contributed by atoms with Crippen molar-refractivity contribution in [3.05, 3.63) is 46.3 Å². The van der Waals surface area contributed by atoms with Crippen molar-refractivity contribution >= 4 is 17.5 Å². The number of ether oxygens (including phenoxy) is 1. The molecule has 1 aliphatic rings. The summed E-state index contributed by atoms with van der Waals surface area (Å²) < 4.78 is 11.0. The topological polar surface area (TPSA) is 55.6 Å². The number of nitrogens with zero attached hydrogens (tertiary/aromatic N) is 2. The molecule has 1 fully saturated rings. The second-order valence-electron chi connectivity index (χ2n) is 6.01. The molecule has 128 valence electrons. The lowest BCUT2D eigenvalue weighted by molar-refractivity contribution is 0.0749. The van der Waals surface area contributed by atoms with Gasteiger partial charge in [-0.1, -0.05) is 29.6 Å². The number of hydrogen-bond donors (Lipinski definition) is 0. The fourth-order valence-corrected chi connectivity index (χ4v) is 2.97. The number of halogens is 1. The number of carbonyl (C=O) groups is 1. The van der Waals surface area contributed by atoms with Gasteiger partial charge in [0, 0.05) is 18.1 Å². The molecule has 2 aromatic rings. The molecule has 0 N–H and O–H groups in total. The third-order valence-corrected chi connectivity index (χ3v) is 4.53. The van der Waals surface area contributed by atoms with Gasteiger partial charge in [-0.2, -0.15) is 0 Å². The van der Waals surface area contributed by atoms with Crippen LogP contribution in [0.3, 0.4) is 0 Å². The maximum Gasteiger partial charge on any atom is 0.276 e. The minimum absolute atomic E-state index is 0.0662. The van der Waals surface area contributed by atoms with Crippen LogP contribution in [0.5, 0.6) is 5.75 Å². The van der Waals surface area contributed by atoms with E-state index >= 15 is 0 Å². The van der Waals surface area contributed by atoms with Crippen molar-refractivity contribution in [2.24, 2.45) is 0 Å². The predicted molar refractivity (Wildman–Crippen MR) is 91.4 cm³/mol. The van der Waals surface area contributed by atoms with Crippen molar-refractivity contribution < 1.29 is 14.1 Å². The molecule has 24 heavy (non-hydrogen) atoms. The summed E-state index contributed by atoms with van der Waals surface area (Å²) >= 11 is 5.87. The third-order valence-electron chi connectivity index (χ3n) is 4.28. The van der Waals surface area contributed by atoms with Crippen LogP contribution in [0.4, 0.5) is 0 Å². The van der Waals surface area contributed by atoms with Gasteiger partial charge in [0.15, 0.2) is 5.69 Å². The average Bonchev–Trinajstić information content (AvgIpc) is 2.78. The number of aromatic nitrogens is 1. The van der Waals surface area contributed by atoms with Gasteiger partial charge in [0.1, 0.15) is 18.1 Å². The molecule has 1 saturated heterocycles. The zero-order valence-electron chi connectivity index (χ0n) is 13.8. The van der Waals surface area contributed by atoms with Crippen LogP contribution in [-0.2, 0) is 6.61 Å². The number of benzene rings is 1. The van der Waals surface area contributed by atoms with Crippen LogP contribution in [0.15, 0.2) is 28.8 Å². The normalized spacial score (nSPS) is 15.2. The average molecular weight is 349 g/mol. The standard InChI is InChI=1S/C18H21ClN2O3/c1-13-16(12-23-15-8-6-14(19)7-9-15)17(20-24-13)18(22)21-10-4-2-3-5-11-21/h6-9H,2-5,10-12H2,1H3. The van der Waals surface area contributed by atoms with Crippen LogP contribution in [-0.4, -0.2) is 29.1 Å². The van der Waals surface area contributed by atoms with Gasteiger partial charge in [-0.05, 0) is 44.0 Å². The quantitative estimate of drug-likeness (QED) is 0.829. The zero-order valence-corrected chi connectivity index (χ0v) is 14.5. The summed E-state index contributed by atoms with van der Waals surface area (Å²) in [5.41, 5.74) is 1.07. The van der Waals surface area contributed by atoms with Gasteiger partial charge >= 0.3 is 0 Å². The molecule has 0 aliphatic carbocycles. The molecular formula is C18H21ClN2O3. The fourth-order valence-electron chi connectivity index (χ4n) is 2.84. The molecule has 0 radical (unpaired) electrons. The maximum atomic E-state index is 12.8. The van der Waals surface area contributed by atoms with Crippen LogP contribution in [0.25, 0.3) is 0 Å². The van der Waals surface area contributed by atoms with Crippen molar-refractivity contribution in [2.45, 2.75) is 39.2 Å². The first-order valence-corrected chi connectivity index (χ1v) is 8.66. The second kappa shape index (κ2) is 7.71. The summed E-state index contributed by atoms with van der Waals surface area (Å²) in [6, 6.07) is 7.12. The summed E-state index contributed by atoms with van der Waals surface area (Å²) in [7, 11) is 0. The van der Waals surface area contributed by atoms with Gasteiger partial charge in [-0.25, -0.2) is 0 Å². The third kappa shape index (κ3) is 3.90. The van der Waals surface area contributed by atoms with E-state index in [1.807, 2.05) is 4.90 Å². The molecule has 0 bridgehead atoms. The number of carbonyl (C=O) groups excluding carboxylic acids is 1. The van der Waals surface area contributed by atoms with E-state index in [4.69, 9.17) is 20.9 Å². The fraction of sp³-hybridized carbons (Fsp3) is 0.444. The molecule has 1 aromatic carbocycles. The number of amides is 1. The van der Waals surface area contributed by atoms with Gasteiger partial charge < -0.3 is 14.2 Å². The molecule has 1 aromatic heterocycles. The Morgan fingerprint density at radius 3 is 2.54 bits per heavy atom. The summed E-state index contributed by atoms with van der Waals surface area (Å²) in [5, 5.41) is 4.63. The lowest BCUT2D eigenvalue weighted by Gasteiger charge is -2.19. The van der Waals surface area contributed by atoms with Crippen LogP contribution in [0.1, 0.15) is 47.5 Å². The summed E-state index contributed by atoms with van der Waals surface area (Å²) in [6.07, 6.45) is 4.43. The highest BCUT2D eigenvalue weighted by Crippen LogP contribution is 2.21. The predicted octanol–water partition coefficient (Wildman–Crippen LogP) is 4.23. The number of aryl methyl sites for hydroxylation is 1. The first kappa shape index (κ1) is 16.8. The summed E-state index contributed by atoms with van der Waals surface area (Å²) in [5.74, 6) is 1.23. The van der Waals surface area contributed by atoms with Crippen LogP contribution < -0.4 is 4.74 Å². The Hall–Kier alpha value is -2.01. The molecular weight excluding hydrogens is 328 g/mol. The molecule has 3 rings (SSSR count). The van der Waals surface area contributed by atoms with Crippen LogP contribution in [0.2, 0.25) is 5.02 Å². The summed E-state index contributed by atoms with van der Waals surface area (Å²) in [6.45, 7) is 3.60. The van der Waals surface area contributed by atoms with Crippen LogP contribution in [0, 0.1) is 6.92 Å². The largest absolute Gasteiger partial charge is 0.489 e. The van der Waals surface area contributed by atoms with Crippen molar-refractivity contribution in [3.8, 4) is 5.75 Å². The summed E-state index contributed by atoms with van der Waals surface area (Å²) in [4.78, 5) is 14.6. The molecule has 5 nitrogen and oxygen atoms in total. The van der Waals surface area contributed by atoms with E-state index in [1.54, 1.807) is 31.2 Å². The molecule has 0 saturated carbocycles. The molecule has 1 aliphatic heterocycles. The minimum atomic E-state index is -0.0662. The molecule has 0 atom stereocenters. The SMILES string of the molecule is Cc1onc(C(=O)N2CCCCCC2)c1COc1ccc(Cl)cc1. The van der Waals surface area contributed by atoms with E-state index in [0.29, 0.717) is 27.8 Å². The van der Waals surface area contributed by atoms with E-state index in [9.17, 15) is 4.79 Å². The Morgan fingerprint density at radius 2 is 1.88 bits per heavy atom. The smallest absolute Gasteiger partial charge is 0.276 e. The van der Waals surface area contributed by atoms with Gasteiger partial charge in [0.2, 0.25) is 0 Å². The second-order valence-corrected chi connectivity index (χ2v) is 6.45. The molecule has 1 amide bonds. The highest BCUT2D eigenvalue weighted by atomic mass is 35.5. The van der Waals surface area contributed by atoms with Gasteiger partial charge in [0.25, 0.3) is 5.91 Å². The first-order valence-electron chi connectivity index (χ1n) is 8.28. The van der Waals surface area contributed by atoms with Crippen molar-refractivity contribution in [1.29, 1.82) is 0 Å². The van der Waals surface area contributed by atoms with Gasteiger partial charge in [-0.3, -0.25) is 4.79 Å². The molecule has 2 heterocycles. The monoisotopic (exact) mass is 348 g/mol. The number of likely N-dealkylation sites (tertiary alicyclic amines) is 1. The zero-order chi connectivity index (χ0) is 16.9. The Labute approximate surface area is 146 Å². The Bertz CT molecular complexity index is 689. The molecule has 0 unspecified atom stereocenters. The van der Waals surface area contributed by atoms with Gasteiger partial charge in [0.05, 0.1) is 5.56 Å². The lowest BCUT2D eigenvalue weighted by atomic mass is 10.2. The van der Waals surface area contributed by atoms with E-state index in [0.717, 1.165) is 25.9 Å². The van der Waals surface area contributed by atoms with Crippen LogP contribution >= 0.6 is 11.6 Å². The van der Waals surface area contributed by atoms with E-state index in [2.05, 4.69) is 5.16 Å². The number of rotatable bonds is 4. The Kier molecular flexibility index (Phi) is 5.41.